The Morgan fingerprint density at radius 1 is 1.07 bits per heavy atom. The first-order valence-electron chi connectivity index (χ1n) is 9.97. The molecular weight excluding hydrogens is 405 g/mol. The Kier molecular flexibility index (Phi) is 8.95. The van der Waals surface area contributed by atoms with Gasteiger partial charge in [0, 0.05) is 33.1 Å². The molecule has 0 atom stereocenters. The molecule has 2 aromatic rings. The number of nitrogens with zero attached hydrogens (tertiary/aromatic N) is 2. The Morgan fingerprint density at radius 3 is 2.40 bits per heavy atom. The maximum Gasteiger partial charge on any atom is 0.242 e. The van der Waals surface area contributed by atoms with Gasteiger partial charge in [0.05, 0.1) is 4.90 Å². The SMILES string of the molecule is CCN(C)Cc1cccc(CNC(=O)CCCN(C)S(=O)(=O)c2ccc(F)cc2)c1. The van der Waals surface area contributed by atoms with Gasteiger partial charge in [-0.25, -0.2) is 17.1 Å². The molecule has 164 valence electrons. The predicted molar refractivity (Wildman–Crippen MR) is 116 cm³/mol. The molecule has 0 radical (unpaired) electrons. The van der Waals surface area contributed by atoms with Crippen molar-refractivity contribution in [2.24, 2.45) is 0 Å². The summed E-state index contributed by atoms with van der Waals surface area (Å²) < 4.78 is 39.1. The fourth-order valence-corrected chi connectivity index (χ4v) is 4.13. The van der Waals surface area contributed by atoms with Crippen LogP contribution in [0.5, 0.6) is 0 Å². The number of amides is 1. The minimum absolute atomic E-state index is 0.0319. The highest BCUT2D eigenvalue weighted by Crippen LogP contribution is 2.15. The van der Waals surface area contributed by atoms with Crippen LogP contribution in [0.15, 0.2) is 53.4 Å². The maximum atomic E-state index is 13.0. The van der Waals surface area contributed by atoms with Crippen LogP contribution in [-0.2, 0) is 27.9 Å². The molecule has 0 aliphatic carbocycles. The Hall–Kier alpha value is -2.29. The second kappa shape index (κ2) is 11.2. The lowest BCUT2D eigenvalue weighted by Gasteiger charge is -2.17. The summed E-state index contributed by atoms with van der Waals surface area (Å²) >= 11 is 0. The number of carbonyl (C=O) groups is 1. The van der Waals surface area contributed by atoms with E-state index in [9.17, 15) is 17.6 Å². The van der Waals surface area contributed by atoms with E-state index in [2.05, 4.69) is 36.3 Å². The van der Waals surface area contributed by atoms with Crippen LogP contribution in [0.3, 0.4) is 0 Å². The standard InChI is InChI=1S/C22H30FN3O3S/c1-4-25(2)17-19-8-5-7-18(15-19)16-24-22(27)9-6-14-26(3)30(28,29)21-12-10-20(23)11-13-21/h5,7-8,10-13,15H,4,6,9,14,16-17H2,1-3H3,(H,24,27). The van der Waals surface area contributed by atoms with Gasteiger partial charge >= 0.3 is 0 Å². The van der Waals surface area contributed by atoms with Crippen LogP contribution in [-0.4, -0.2) is 50.7 Å². The zero-order valence-corrected chi connectivity index (χ0v) is 18.6. The molecule has 1 amide bonds. The van der Waals surface area contributed by atoms with Crippen molar-refractivity contribution in [2.45, 2.75) is 37.8 Å². The van der Waals surface area contributed by atoms with Crippen molar-refractivity contribution in [1.29, 1.82) is 0 Å². The summed E-state index contributed by atoms with van der Waals surface area (Å²) in [6, 6.07) is 12.8. The van der Waals surface area contributed by atoms with Crippen LogP contribution < -0.4 is 5.32 Å². The molecule has 0 heterocycles. The molecular formula is C22H30FN3O3S. The number of carbonyl (C=O) groups excluding carboxylic acids is 1. The third kappa shape index (κ3) is 7.19. The second-order valence-corrected chi connectivity index (χ2v) is 9.36. The van der Waals surface area contributed by atoms with Gasteiger partial charge in [-0.2, -0.15) is 0 Å². The molecule has 0 fully saturated rings. The first-order chi connectivity index (χ1) is 14.2. The third-order valence-electron chi connectivity index (χ3n) is 4.87. The lowest BCUT2D eigenvalue weighted by Crippen LogP contribution is -2.29. The summed E-state index contributed by atoms with van der Waals surface area (Å²) in [5, 5.41) is 2.88. The van der Waals surface area contributed by atoms with Crippen molar-refractivity contribution >= 4 is 15.9 Å². The smallest absolute Gasteiger partial charge is 0.242 e. The first kappa shape index (κ1) is 24.0. The van der Waals surface area contributed by atoms with Gasteiger partial charge in [0.25, 0.3) is 0 Å². The summed E-state index contributed by atoms with van der Waals surface area (Å²) in [7, 11) is -0.184. The molecule has 0 aliphatic heterocycles. The quantitative estimate of drug-likeness (QED) is 0.589. The molecule has 0 spiro atoms. The number of hydrogen-bond donors (Lipinski definition) is 1. The molecule has 1 N–H and O–H groups in total. The van der Waals surface area contributed by atoms with Gasteiger partial charge in [-0.3, -0.25) is 4.79 Å². The predicted octanol–water partition coefficient (Wildman–Crippen LogP) is 2.99. The summed E-state index contributed by atoms with van der Waals surface area (Å²) in [6.45, 7) is 4.56. The van der Waals surface area contributed by atoms with E-state index in [1.54, 1.807) is 0 Å². The van der Waals surface area contributed by atoms with E-state index in [1.165, 1.54) is 29.0 Å². The number of nitrogens with one attached hydrogen (secondary N) is 1. The zero-order valence-electron chi connectivity index (χ0n) is 17.8. The maximum absolute atomic E-state index is 13.0. The largest absolute Gasteiger partial charge is 0.352 e. The van der Waals surface area contributed by atoms with Crippen LogP contribution in [0, 0.1) is 5.82 Å². The molecule has 0 saturated carbocycles. The average molecular weight is 436 g/mol. The molecule has 30 heavy (non-hydrogen) atoms. The van der Waals surface area contributed by atoms with Gasteiger partial charge in [0.15, 0.2) is 0 Å². The van der Waals surface area contributed by atoms with Gasteiger partial charge < -0.3 is 10.2 Å². The highest BCUT2D eigenvalue weighted by atomic mass is 32.2. The lowest BCUT2D eigenvalue weighted by molar-refractivity contribution is -0.121. The summed E-state index contributed by atoms with van der Waals surface area (Å²) in [6.07, 6.45) is 0.617. The molecule has 0 unspecified atom stereocenters. The highest BCUT2D eigenvalue weighted by Gasteiger charge is 2.20. The van der Waals surface area contributed by atoms with E-state index < -0.39 is 15.8 Å². The van der Waals surface area contributed by atoms with E-state index >= 15 is 0 Å². The lowest BCUT2D eigenvalue weighted by atomic mass is 10.1. The molecule has 2 aromatic carbocycles. The summed E-state index contributed by atoms with van der Waals surface area (Å²) in [5.74, 6) is -0.616. The van der Waals surface area contributed by atoms with E-state index in [0.717, 1.165) is 30.8 Å². The second-order valence-electron chi connectivity index (χ2n) is 7.31. The Morgan fingerprint density at radius 2 is 1.73 bits per heavy atom. The molecule has 0 saturated heterocycles. The first-order valence-corrected chi connectivity index (χ1v) is 11.4. The van der Waals surface area contributed by atoms with Gasteiger partial charge in [0.1, 0.15) is 5.82 Å². The van der Waals surface area contributed by atoms with E-state index in [-0.39, 0.29) is 23.8 Å². The van der Waals surface area contributed by atoms with Crippen LogP contribution in [0.4, 0.5) is 4.39 Å². The van der Waals surface area contributed by atoms with Crippen LogP contribution in [0.25, 0.3) is 0 Å². The van der Waals surface area contributed by atoms with Crippen molar-refractivity contribution in [3.63, 3.8) is 0 Å². The van der Waals surface area contributed by atoms with E-state index in [0.29, 0.717) is 13.0 Å². The highest BCUT2D eigenvalue weighted by molar-refractivity contribution is 7.89. The normalized spacial score (nSPS) is 11.8. The van der Waals surface area contributed by atoms with Crippen molar-refractivity contribution in [2.75, 3.05) is 27.2 Å². The van der Waals surface area contributed by atoms with Gasteiger partial charge in [0.2, 0.25) is 15.9 Å². The van der Waals surface area contributed by atoms with Gasteiger partial charge in [-0.05, 0) is 55.4 Å². The molecule has 2 rings (SSSR count). The molecule has 8 heteroatoms. The monoisotopic (exact) mass is 435 g/mol. The number of sulfonamides is 1. The minimum Gasteiger partial charge on any atom is -0.352 e. The van der Waals surface area contributed by atoms with Crippen molar-refractivity contribution in [1.82, 2.24) is 14.5 Å². The number of benzene rings is 2. The van der Waals surface area contributed by atoms with Gasteiger partial charge in [-0.1, -0.05) is 31.2 Å². The Labute approximate surface area is 178 Å². The number of hydrogen-bond acceptors (Lipinski definition) is 4. The Bertz CT molecular complexity index is 933. The number of rotatable bonds is 11. The summed E-state index contributed by atoms with van der Waals surface area (Å²) in [4.78, 5) is 14.4. The van der Waals surface area contributed by atoms with Crippen LogP contribution >= 0.6 is 0 Å². The third-order valence-corrected chi connectivity index (χ3v) is 6.74. The van der Waals surface area contributed by atoms with E-state index in [4.69, 9.17) is 0 Å². The van der Waals surface area contributed by atoms with Crippen LogP contribution in [0.1, 0.15) is 30.9 Å². The topological polar surface area (TPSA) is 69.7 Å². The Balaban J connectivity index is 1.78. The van der Waals surface area contributed by atoms with E-state index in [1.807, 2.05) is 12.1 Å². The van der Waals surface area contributed by atoms with Crippen molar-refractivity contribution in [3.8, 4) is 0 Å². The molecule has 0 aromatic heterocycles. The fourth-order valence-electron chi connectivity index (χ4n) is 2.92. The van der Waals surface area contributed by atoms with Crippen molar-refractivity contribution < 1.29 is 17.6 Å². The fraction of sp³-hybridized carbons (Fsp3) is 0.409. The van der Waals surface area contributed by atoms with Crippen molar-refractivity contribution in [3.05, 3.63) is 65.5 Å². The number of halogens is 1. The van der Waals surface area contributed by atoms with Gasteiger partial charge in [-0.15, -0.1) is 0 Å². The summed E-state index contributed by atoms with van der Waals surface area (Å²) in [5.41, 5.74) is 2.22. The zero-order chi connectivity index (χ0) is 22.1. The molecule has 0 bridgehead atoms. The van der Waals surface area contributed by atoms with Crippen LogP contribution in [0.2, 0.25) is 0 Å². The molecule has 0 aliphatic rings. The minimum atomic E-state index is -3.70. The molecule has 6 nitrogen and oxygen atoms in total. The average Bonchev–Trinajstić information content (AvgIpc) is 2.72.